The van der Waals surface area contributed by atoms with Crippen LogP contribution in [0.4, 0.5) is 13.2 Å². The summed E-state index contributed by atoms with van der Waals surface area (Å²) in [5.74, 6) is -0.135. The van der Waals surface area contributed by atoms with Crippen LogP contribution < -0.4 is 4.74 Å². The molecule has 0 radical (unpaired) electrons. The zero-order valence-corrected chi connectivity index (χ0v) is 17.8. The molecule has 2 unspecified atom stereocenters. The number of fused-ring (bicyclic) bond motifs is 2. The predicted octanol–water partition coefficient (Wildman–Crippen LogP) is 3.10. The van der Waals surface area contributed by atoms with E-state index in [4.69, 9.17) is 0 Å². The van der Waals surface area contributed by atoms with Gasteiger partial charge in [-0.25, -0.2) is 0 Å². The standard InChI is InChI=1S/C23H20F3N5O3/c24-23(25,26)34-18-5-1-14(2-6-18)3-8-21(32)30-10-16-12-31(13-17(16)11-30)22(33)15-4-7-19-20(9-15)28-29-27-19/h1-9,16-17H,10-13H2,(H,27,28,29). The number of halogens is 3. The Bertz CT molecular complexity index is 1240. The van der Waals surface area contributed by atoms with Crippen molar-refractivity contribution in [2.24, 2.45) is 11.8 Å². The molecule has 1 aromatic heterocycles. The molecule has 1 N–H and O–H groups in total. The number of likely N-dealkylation sites (tertiary alicyclic amines) is 2. The first-order valence-corrected chi connectivity index (χ1v) is 10.7. The van der Waals surface area contributed by atoms with E-state index in [1.165, 1.54) is 30.3 Å². The number of nitrogens with one attached hydrogen (secondary N) is 1. The highest BCUT2D eigenvalue weighted by molar-refractivity contribution is 5.97. The van der Waals surface area contributed by atoms with Crippen molar-refractivity contribution in [2.45, 2.75) is 6.36 Å². The Hall–Kier alpha value is -3.89. The smallest absolute Gasteiger partial charge is 0.406 e. The molecule has 0 spiro atoms. The van der Waals surface area contributed by atoms with E-state index in [1.54, 1.807) is 29.2 Å². The fraction of sp³-hybridized carbons (Fsp3) is 0.304. The van der Waals surface area contributed by atoms with E-state index < -0.39 is 6.36 Å². The highest BCUT2D eigenvalue weighted by atomic mass is 19.4. The number of carbonyl (C=O) groups excluding carboxylic acids is 2. The molecule has 2 fully saturated rings. The number of hydrogen-bond donors (Lipinski definition) is 1. The molecule has 2 amide bonds. The first kappa shape index (κ1) is 21.9. The summed E-state index contributed by atoms with van der Waals surface area (Å²) in [5.41, 5.74) is 2.48. The molecule has 3 aromatic rings. The minimum absolute atomic E-state index is 0.0602. The molecule has 2 aliphatic heterocycles. The highest BCUT2D eigenvalue weighted by Gasteiger charge is 2.42. The minimum Gasteiger partial charge on any atom is -0.406 e. The number of nitrogens with zero attached hydrogens (tertiary/aromatic N) is 4. The normalized spacial score (nSPS) is 20.3. The maximum Gasteiger partial charge on any atom is 0.573 e. The fourth-order valence-electron chi connectivity index (χ4n) is 4.55. The number of rotatable bonds is 4. The van der Waals surface area contributed by atoms with E-state index in [0.29, 0.717) is 48.3 Å². The van der Waals surface area contributed by atoms with E-state index in [2.05, 4.69) is 20.1 Å². The van der Waals surface area contributed by atoms with Crippen LogP contribution in [-0.4, -0.2) is 69.6 Å². The second-order valence-electron chi connectivity index (χ2n) is 8.45. The number of carbonyl (C=O) groups is 2. The molecule has 0 saturated carbocycles. The summed E-state index contributed by atoms with van der Waals surface area (Å²) < 4.78 is 40.6. The van der Waals surface area contributed by atoms with E-state index in [-0.39, 0.29) is 29.4 Å². The van der Waals surface area contributed by atoms with Crippen LogP contribution >= 0.6 is 0 Å². The van der Waals surface area contributed by atoms with Crippen LogP contribution in [0.5, 0.6) is 5.75 Å². The number of aromatic amines is 1. The highest BCUT2D eigenvalue weighted by Crippen LogP contribution is 2.32. The largest absolute Gasteiger partial charge is 0.573 e. The molecule has 8 nitrogen and oxygen atoms in total. The summed E-state index contributed by atoms with van der Waals surface area (Å²) in [7, 11) is 0. The van der Waals surface area contributed by atoms with E-state index in [1.807, 2.05) is 4.90 Å². The Morgan fingerprint density at radius 1 is 0.941 bits per heavy atom. The van der Waals surface area contributed by atoms with Crippen LogP contribution in [0.25, 0.3) is 17.1 Å². The lowest BCUT2D eigenvalue weighted by Crippen LogP contribution is -2.35. The first-order valence-electron chi connectivity index (χ1n) is 10.7. The van der Waals surface area contributed by atoms with Crippen molar-refractivity contribution in [1.82, 2.24) is 25.2 Å². The molecule has 11 heteroatoms. The van der Waals surface area contributed by atoms with Crippen molar-refractivity contribution >= 4 is 28.9 Å². The predicted molar refractivity (Wildman–Crippen MR) is 116 cm³/mol. The molecule has 0 aliphatic carbocycles. The summed E-state index contributed by atoms with van der Waals surface area (Å²) >= 11 is 0. The Morgan fingerprint density at radius 2 is 1.59 bits per heavy atom. The van der Waals surface area contributed by atoms with Crippen molar-refractivity contribution in [3.8, 4) is 5.75 Å². The zero-order chi connectivity index (χ0) is 23.9. The van der Waals surface area contributed by atoms with Crippen molar-refractivity contribution < 1.29 is 27.5 Å². The lowest BCUT2D eigenvalue weighted by atomic mass is 10.0. The first-order chi connectivity index (χ1) is 16.2. The number of ether oxygens (including phenoxy) is 1. The van der Waals surface area contributed by atoms with Crippen LogP contribution in [0, 0.1) is 11.8 Å². The summed E-state index contributed by atoms with van der Waals surface area (Å²) in [5, 5.41) is 10.6. The molecular weight excluding hydrogens is 451 g/mol. The third kappa shape index (κ3) is 4.59. The maximum atomic E-state index is 12.9. The number of amides is 2. The number of H-pyrrole nitrogens is 1. The summed E-state index contributed by atoms with van der Waals surface area (Å²) in [6.45, 7) is 2.26. The molecule has 5 rings (SSSR count). The Balaban J connectivity index is 1.15. The zero-order valence-electron chi connectivity index (χ0n) is 17.8. The Labute approximate surface area is 192 Å². The lowest BCUT2D eigenvalue weighted by molar-refractivity contribution is -0.274. The van der Waals surface area contributed by atoms with Gasteiger partial charge in [-0.2, -0.15) is 15.4 Å². The Morgan fingerprint density at radius 3 is 2.26 bits per heavy atom. The third-order valence-electron chi connectivity index (χ3n) is 6.18. The van der Waals surface area contributed by atoms with Crippen molar-refractivity contribution in [2.75, 3.05) is 26.2 Å². The molecule has 3 heterocycles. The molecule has 2 aliphatic rings. The van der Waals surface area contributed by atoms with Gasteiger partial charge >= 0.3 is 6.36 Å². The summed E-state index contributed by atoms with van der Waals surface area (Å²) in [6.07, 6.45) is -1.77. The maximum absolute atomic E-state index is 12.9. The van der Waals surface area contributed by atoms with Crippen LogP contribution in [-0.2, 0) is 4.79 Å². The SMILES string of the molecule is O=C(C=Cc1ccc(OC(F)(F)F)cc1)N1CC2CN(C(=O)c3ccc4n[nH]nc4c3)CC2C1. The molecule has 2 aromatic carbocycles. The number of alkyl halides is 3. The van der Waals surface area contributed by atoms with Crippen LogP contribution in [0.15, 0.2) is 48.5 Å². The van der Waals surface area contributed by atoms with Gasteiger partial charge < -0.3 is 14.5 Å². The van der Waals surface area contributed by atoms with E-state index in [0.717, 1.165) is 0 Å². The van der Waals surface area contributed by atoms with E-state index >= 15 is 0 Å². The molecule has 176 valence electrons. The molecule has 0 bridgehead atoms. The van der Waals surface area contributed by atoms with Gasteiger partial charge in [0, 0.05) is 49.7 Å². The molecule has 2 atom stereocenters. The summed E-state index contributed by atoms with van der Waals surface area (Å²) in [4.78, 5) is 29.1. The molecule has 34 heavy (non-hydrogen) atoms. The van der Waals surface area contributed by atoms with Gasteiger partial charge in [-0.3, -0.25) is 9.59 Å². The van der Waals surface area contributed by atoms with Gasteiger partial charge in [-0.15, -0.1) is 13.2 Å². The van der Waals surface area contributed by atoms with Gasteiger partial charge in [-0.1, -0.05) is 12.1 Å². The van der Waals surface area contributed by atoms with Gasteiger partial charge in [0.25, 0.3) is 5.91 Å². The third-order valence-corrected chi connectivity index (χ3v) is 6.18. The van der Waals surface area contributed by atoms with Gasteiger partial charge in [0.15, 0.2) is 0 Å². The van der Waals surface area contributed by atoms with Crippen molar-refractivity contribution in [3.05, 3.63) is 59.7 Å². The quantitative estimate of drug-likeness (QED) is 0.591. The number of benzene rings is 2. The number of hydrogen-bond acceptors (Lipinski definition) is 5. The monoisotopic (exact) mass is 471 g/mol. The van der Waals surface area contributed by atoms with E-state index in [9.17, 15) is 22.8 Å². The van der Waals surface area contributed by atoms with Gasteiger partial charge in [0.2, 0.25) is 5.91 Å². The fourth-order valence-corrected chi connectivity index (χ4v) is 4.55. The second-order valence-corrected chi connectivity index (χ2v) is 8.45. The lowest BCUT2D eigenvalue weighted by Gasteiger charge is -2.21. The second kappa shape index (κ2) is 8.47. The van der Waals surface area contributed by atoms with Crippen molar-refractivity contribution in [3.63, 3.8) is 0 Å². The molecular formula is C23H20F3N5O3. The Kier molecular flexibility index (Phi) is 5.46. The molecule has 2 saturated heterocycles. The average molecular weight is 471 g/mol. The van der Waals surface area contributed by atoms with Crippen LogP contribution in [0.3, 0.4) is 0 Å². The van der Waals surface area contributed by atoms with Crippen LogP contribution in [0.2, 0.25) is 0 Å². The van der Waals surface area contributed by atoms with Crippen LogP contribution in [0.1, 0.15) is 15.9 Å². The van der Waals surface area contributed by atoms with Crippen molar-refractivity contribution in [1.29, 1.82) is 0 Å². The topological polar surface area (TPSA) is 91.4 Å². The van der Waals surface area contributed by atoms with Gasteiger partial charge in [0.1, 0.15) is 16.8 Å². The average Bonchev–Trinajstić information content (AvgIpc) is 3.51. The van der Waals surface area contributed by atoms with Gasteiger partial charge in [0.05, 0.1) is 0 Å². The van der Waals surface area contributed by atoms with Gasteiger partial charge in [-0.05, 0) is 42.0 Å². The minimum atomic E-state index is -4.74. The summed E-state index contributed by atoms with van der Waals surface area (Å²) in [6, 6.07) is 10.5. The number of aromatic nitrogens is 3.